The fourth-order valence-corrected chi connectivity index (χ4v) is 3.05. The number of para-hydroxylation sites is 1. The van der Waals surface area contributed by atoms with E-state index in [1.165, 1.54) is 0 Å². The number of carbonyl (C=O) groups is 2. The maximum atomic E-state index is 12.1. The van der Waals surface area contributed by atoms with Crippen molar-refractivity contribution in [2.24, 2.45) is 0 Å². The Morgan fingerprint density at radius 2 is 1.59 bits per heavy atom. The molecule has 2 amide bonds. The second kappa shape index (κ2) is 10.2. The van der Waals surface area contributed by atoms with Crippen LogP contribution in [0.3, 0.4) is 0 Å². The molecule has 0 atom stereocenters. The van der Waals surface area contributed by atoms with Crippen LogP contribution in [0.5, 0.6) is 0 Å². The zero-order valence-corrected chi connectivity index (χ0v) is 17.4. The molecule has 0 aliphatic rings. The number of hydrogen-bond donors (Lipinski definition) is 2. The van der Waals surface area contributed by atoms with E-state index < -0.39 is 0 Å². The molecule has 0 aliphatic heterocycles. The first-order valence-corrected chi connectivity index (χ1v) is 9.44. The Kier molecular flexibility index (Phi) is 8.20. The van der Waals surface area contributed by atoms with Gasteiger partial charge in [0.1, 0.15) is 0 Å². The zero-order valence-electron chi connectivity index (χ0n) is 14.4. The molecule has 0 radical (unpaired) electrons. The van der Waals surface area contributed by atoms with Crippen molar-refractivity contribution in [3.8, 4) is 0 Å². The number of nitrogens with zero attached hydrogens (tertiary/aromatic N) is 1. The van der Waals surface area contributed by atoms with Gasteiger partial charge in [-0.25, -0.2) is 0 Å². The Hall–Kier alpha value is -1.50. The summed E-state index contributed by atoms with van der Waals surface area (Å²) in [4.78, 5) is 25.9. The third kappa shape index (κ3) is 6.87. The molecule has 5 nitrogen and oxygen atoms in total. The van der Waals surface area contributed by atoms with Crippen molar-refractivity contribution in [1.82, 2.24) is 4.90 Å². The summed E-state index contributed by atoms with van der Waals surface area (Å²) in [6.07, 6.45) is 0.180. The van der Waals surface area contributed by atoms with E-state index in [-0.39, 0.29) is 24.8 Å². The molecule has 144 valence electrons. The minimum Gasteiger partial charge on any atom is -0.325 e. The standard InChI is InChI=1S/C18H17Cl4N3O2/c1-25(10-17(27)24-18-13(21)3-2-4-14(18)22)8-7-16(26)23-15-9-11(19)5-6-12(15)20/h2-6,9H,7-8,10H2,1H3,(H,23,26)(H,24,27). The average molecular weight is 449 g/mol. The Labute approximate surface area is 177 Å². The maximum absolute atomic E-state index is 12.1. The lowest BCUT2D eigenvalue weighted by Crippen LogP contribution is -2.32. The van der Waals surface area contributed by atoms with Crippen LogP contribution in [-0.2, 0) is 9.59 Å². The summed E-state index contributed by atoms with van der Waals surface area (Å²) in [6.45, 7) is 0.445. The molecule has 2 aromatic rings. The van der Waals surface area contributed by atoms with Gasteiger partial charge in [-0.1, -0.05) is 52.5 Å². The quantitative estimate of drug-likeness (QED) is 0.611. The first-order chi connectivity index (χ1) is 12.8. The van der Waals surface area contributed by atoms with Crippen LogP contribution in [0.25, 0.3) is 0 Å². The summed E-state index contributed by atoms with van der Waals surface area (Å²) >= 11 is 24.0. The van der Waals surface area contributed by atoms with E-state index in [9.17, 15) is 9.59 Å². The minimum atomic E-state index is -0.286. The molecular weight excluding hydrogens is 432 g/mol. The predicted octanol–water partition coefficient (Wildman–Crippen LogP) is 5.20. The third-order valence-electron chi connectivity index (χ3n) is 3.56. The first kappa shape index (κ1) is 21.8. The number of benzene rings is 2. The van der Waals surface area contributed by atoms with Gasteiger partial charge in [-0.05, 0) is 37.4 Å². The lowest BCUT2D eigenvalue weighted by atomic mass is 10.3. The SMILES string of the molecule is CN(CCC(=O)Nc1cc(Cl)ccc1Cl)CC(=O)Nc1c(Cl)cccc1Cl. The minimum absolute atomic E-state index is 0.0761. The van der Waals surface area contributed by atoms with Gasteiger partial charge in [0, 0.05) is 18.0 Å². The van der Waals surface area contributed by atoms with E-state index in [1.807, 2.05) is 0 Å². The van der Waals surface area contributed by atoms with Gasteiger partial charge in [0.2, 0.25) is 11.8 Å². The van der Waals surface area contributed by atoms with E-state index in [0.29, 0.717) is 38.0 Å². The molecule has 2 rings (SSSR count). The van der Waals surface area contributed by atoms with Crippen LogP contribution in [0.15, 0.2) is 36.4 Å². The van der Waals surface area contributed by atoms with Crippen molar-refractivity contribution < 1.29 is 9.59 Å². The Morgan fingerprint density at radius 3 is 2.26 bits per heavy atom. The number of hydrogen-bond acceptors (Lipinski definition) is 3. The number of rotatable bonds is 7. The Morgan fingerprint density at radius 1 is 0.926 bits per heavy atom. The molecule has 0 fully saturated rings. The number of amides is 2. The lowest BCUT2D eigenvalue weighted by Gasteiger charge is -2.17. The summed E-state index contributed by atoms with van der Waals surface area (Å²) in [6, 6.07) is 9.78. The van der Waals surface area contributed by atoms with Crippen molar-refractivity contribution in [2.75, 3.05) is 30.8 Å². The third-order valence-corrected chi connectivity index (χ3v) is 4.76. The number of anilines is 2. The van der Waals surface area contributed by atoms with Crippen LogP contribution >= 0.6 is 46.4 Å². The normalized spacial score (nSPS) is 10.7. The Balaban J connectivity index is 1.81. The van der Waals surface area contributed by atoms with Gasteiger partial charge in [0.15, 0.2) is 0 Å². The molecule has 0 heterocycles. The van der Waals surface area contributed by atoms with Crippen molar-refractivity contribution >= 4 is 69.6 Å². The van der Waals surface area contributed by atoms with Gasteiger partial charge in [0.05, 0.1) is 33.0 Å². The van der Waals surface area contributed by atoms with Gasteiger partial charge in [-0.3, -0.25) is 14.5 Å². The predicted molar refractivity (Wildman–Crippen MR) is 112 cm³/mol. The number of likely N-dealkylation sites (N-methyl/N-ethyl adjacent to an activating group) is 1. The highest BCUT2D eigenvalue weighted by Gasteiger charge is 2.13. The Bertz CT molecular complexity index is 825. The largest absolute Gasteiger partial charge is 0.325 e. The smallest absolute Gasteiger partial charge is 0.238 e. The average Bonchev–Trinajstić information content (AvgIpc) is 2.60. The second-order valence-corrected chi connectivity index (χ2v) is 7.46. The summed E-state index contributed by atoms with van der Waals surface area (Å²) in [7, 11) is 1.73. The van der Waals surface area contributed by atoms with E-state index >= 15 is 0 Å². The topological polar surface area (TPSA) is 61.4 Å². The molecule has 0 saturated heterocycles. The summed E-state index contributed by atoms with van der Waals surface area (Å²) in [5, 5.41) is 6.96. The van der Waals surface area contributed by atoms with Crippen molar-refractivity contribution in [1.29, 1.82) is 0 Å². The van der Waals surface area contributed by atoms with Crippen LogP contribution in [0.1, 0.15) is 6.42 Å². The molecule has 2 aromatic carbocycles. The molecule has 2 N–H and O–H groups in total. The molecule has 9 heteroatoms. The van der Waals surface area contributed by atoms with E-state index in [4.69, 9.17) is 46.4 Å². The summed E-state index contributed by atoms with van der Waals surface area (Å²) in [5.74, 6) is -0.522. The number of nitrogens with one attached hydrogen (secondary N) is 2. The van der Waals surface area contributed by atoms with Crippen LogP contribution in [-0.4, -0.2) is 36.9 Å². The molecular formula is C18H17Cl4N3O2. The molecule has 0 bridgehead atoms. The monoisotopic (exact) mass is 447 g/mol. The summed E-state index contributed by atoms with van der Waals surface area (Å²) in [5.41, 5.74) is 0.815. The lowest BCUT2D eigenvalue weighted by molar-refractivity contribution is -0.119. The van der Waals surface area contributed by atoms with Crippen LogP contribution in [0.4, 0.5) is 11.4 Å². The molecule has 0 unspecified atom stereocenters. The highest BCUT2D eigenvalue weighted by Crippen LogP contribution is 2.29. The van der Waals surface area contributed by atoms with Crippen LogP contribution in [0, 0.1) is 0 Å². The fourth-order valence-electron chi connectivity index (χ4n) is 2.22. The van der Waals surface area contributed by atoms with Gasteiger partial charge >= 0.3 is 0 Å². The van der Waals surface area contributed by atoms with Crippen molar-refractivity contribution in [3.05, 3.63) is 56.5 Å². The van der Waals surface area contributed by atoms with E-state index in [1.54, 1.807) is 48.3 Å². The molecule has 27 heavy (non-hydrogen) atoms. The van der Waals surface area contributed by atoms with E-state index in [2.05, 4.69) is 10.6 Å². The van der Waals surface area contributed by atoms with Gasteiger partial charge in [-0.15, -0.1) is 0 Å². The second-order valence-electron chi connectivity index (χ2n) is 5.80. The van der Waals surface area contributed by atoms with Gasteiger partial charge in [-0.2, -0.15) is 0 Å². The first-order valence-electron chi connectivity index (χ1n) is 7.93. The van der Waals surface area contributed by atoms with Crippen LogP contribution < -0.4 is 10.6 Å². The van der Waals surface area contributed by atoms with Gasteiger partial charge in [0.25, 0.3) is 0 Å². The van der Waals surface area contributed by atoms with Crippen LogP contribution in [0.2, 0.25) is 20.1 Å². The summed E-state index contributed by atoms with van der Waals surface area (Å²) < 4.78 is 0. The maximum Gasteiger partial charge on any atom is 0.238 e. The van der Waals surface area contributed by atoms with Crippen molar-refractivity contribution in [2.45, 2.75) is 6.42 Å². The molecule has 0 spiro atoms. The highest BCUT2D eigenvalue weighted by atomic mass is 35.5. The van der Waals surface area contributed by atoms with E-state index in [0.717, 1.165) is 0 Å². The zero-order chi connectivity index (χ0) is 20.0. The van der Waals surface area contributed by atoms with Gasteiger partial charge < -0.3 is 10.6 Å². The molecule has 0 saturated carbocycles. The van der Waals surface area contributed by atoms with Crippen molar-refractivity contribution in [3.63, 3.8) is 0 Å². The number of halogens is 4. The fraction of sp³-hybridized carbons (Fsp3) is 0.222. The number of carbonyl (C=O) groups excluding carboxylic acids is 2. The highest BCUT2D eigenvalue weighted by molar-refractivity contribution is 6.39. The molecule has 0 aliphatic carbocycles. The molecule has 0 aromatic heterocycles.